The summed E-state index contributed by atoms with van der Waals surface area (Å²) in [5.41, 5.74) is 1.80. The Morgan fingerprint density at radius 1 is 1.35 bits per heavy atom. The first-order chi connectivity index (χ1) is 9.38. The van der Waals surface area contributed by atoms with E-state index in [0.29, 0.717) is 0 Å². The summed E-state index contributed by atoms with van der Waals surface area (Å²) in [6.45, 7) is 6.92. The normalized spacial score (nSPS) is 11.3. The summed E-state index contributed by atoms with van der Waals surface area (Å²) >= 11 is 1.73. The van der Waals surface area contributed by atoms with Crippen molar-refractivity contribution in [1.82, 2.24) is 0 Å². The molecule has 1 heterocycles. The number of nitro benzene ring substituents is 1. The molecule has 0 saturated carbocycles. The second-order valence-corrected chi connectivity index (χ2v) is 6.48. The van der Waals surface area contributed by atoms with Crippen LogP contribution in [0.15, 0.2) is 35.7 Å². The maximum atomic E-state index is 10.9. The predicted octanol–water partition coefficient (Wildman–Crippen LogP) is 4.35. The van der Waals surface area contributed by atoms with Gasteiger partial charge in [-0.3, -0.25) is 10.1 Å². The van der Waals surface area contributed by atoms with E-state index >= 15 is 0 Å². The van der Waals surface area contributed by atoms with E-state index < -0.39 is 0 Å². The fourth-order valence-electron chi connectivity index (χ4n) is 2.04. The van der Waals surface area contributed by atoms with Crippen molar-refractivity contribution < 1.29 is 4.92 Å². The van der Waals surface area contributed by atoms with Crippen molar-refractivity contribution in [2.75, 3.05) is 11.9 Å². The van der Waals surface area contributed by atoms with Crippen molar-refractivity contribution in [3.8, 4) is 0 Å². The van der Waals surface area contributed by atoms with E-state index in [2.05, 4.69) is 30.6 Å². The van der Waals surface area contributed by atoms with Gasteiger partial charge in [0.1, 0.15) is 0 Å². The van der Waals surface area contributed by atoms with Crippen molar-refractivity contribution in [3.05, 3.63) is 56.3 Å². The minimum absolute atomic E-state index is 0.00725. The molecule has 0 saturated heterocycles. The topological polar surface area (TPSA) is 55.2 Å². The molecular weight excluding hydrogens is 272 g/mol. The lowest BCUT2D eigenvalue weighted by molar-refractivity contribution is -0.384. The first-order valence-electron chi connectivity index (χ1n) is 6.42. The van der Waals surface area contributed by atoms with Gasteiger partial charge in [0.25, 0.3) is 5.69 Å². The zero-order valence-corrected chi connectivity index (χ0v) is 12.7. The van der Waals surface area contributed by atoms with Gasteiger partial charge in [0.15, 0.2) is 0 Å². The van der Waals surface area contributed by atoms with Crippen LogP contribution < -0.4 is 5.32 Å². The maximum Gasteiger partial charge on any atom is 0.271 e. The van der Waals surface area contributed by atoms with E-state index in [1.807, 2.05) is 19.1 Å². The van der Waals surface area contributed by atoms with Crippen LogP contribution in [0.3, 0.4) is 0 Å². The number of nitrogens with zero attached hydrogens (tertiary/aromatic N) is 1. The van der Waals surface area contributed by atoms with Gasteiger partial charge in [-0.15, -0.1) is 11.3 Å². The van der Waals surface area contributed by atoms with Crippen molar-refractivity contribution >= 4 is 22.7 Å². The van der Waals surface area contributed by atoms with E-state index in [1.165, 1.54) is 4.88 Å². The van der Waals surface area contributed by atoms with Gasteiger partial charge >= 0.3 is 0 Å². The van der Waals surface area contributed by atoms with Crippen LogP contribution in [-0.4, -0.2) is 11.5 Å². The van der Waals surface area contributed by atoms with Gasteiger partial charge in [-0.2, -0.15) is 0 Å². The van der Waals surface area contributed by atoms with E-state index in [0.717, 1.165) is 17.8 Å². The highest BCUT2D eigenvalue weighted by molar-refractivity contribution is 7.10. The number of benzene rings is 1. The lowest BCUT2D eigenvalue weighted by Crippen LogP contribution is -2.26. The minimum atomic E-state index is -0.359. The molecule has 4 nitrogen and oxygen atoms in total. The fourth-order valence-corrected chi connectivity index (χ4v) is 2.90. The van der Waals surface area contributed by atoms with E-state index in [-0.39, 0.29) is 16.0 Å². The summed E-state index contributed by atoms with van der Waals surface area (Å²) < 4.78 is 0. The van der Waals surface area contributed by atoms with Crippen molar-refractivity contribution in [1.29, 1.82) is 0 Å². The third-order valence-corrected chi connectivity index (χ3v) is 4.43. The summed E-state index contributed by atoms with van der Waals surface area (Å²) in [5.74, 6) is 0. The number of rotatable bonds is 5. The summed E-state index contributed by atoms with van der Waals surface area (Å²) in [6, 6.07) is 9.24. The third-order valence-electron chi connectivity index (χ3n) is 3.20. The number of hydrogen-bond acceptors (Lipinski definition) is 4. The van der Waals surface area contributed by atoms with Crippen LogP contribution >= 0.6 is 11.3 Å². The Morgan fingerprint density at radius 3 is 2.70 bits per heavy atom. The Kier molecular flexibility index (Phi) is 4.09. The zero-order valence-electron chi connectivity index (χ0n) is 11.8. The van der Waals surface area contributed by atoms with Gasteiger partial charge < -0.3 is 5.32 Å². The number of nitro groups is 1. The average Bonchev–Trinajstić information content (AvgIpc) is 2.90. The number of nitrogens with one attached hydrogen (secondary N) is 1. The third kappa shape index (κ3) is 3.36. The average molecular weight is 290 g/mol. The molecule has 2 rings (SSSR count). The number of hydrogen-bond donors (Lipinski definition) is 1. The lowest BCUT2D eigenvalue weighted by Gasteiger charge is -2.24. The molecule has 0 radical (unpaired) electrons. The summed E-state index contributed by atoms with van der Waals surface area (Å²) in [7, 11) is 0. The number of thiophene rings is 1. The van der Waals surface area contributed by atoms with Crippen molar-refractivity contribution in [2.45, 2.75) is 26.2 Å². The minimum Gasteiger partial charge on any atom is -0.384 e. The molecule has 1 aromatic carbocycles. The standard InChI is InChI=1S/C15H18N2O2S/c1-11-7-12(9-13(8-11)17(18)19)16-10-15(2,3)14-5-4-6-20-14/h4-9,16H,10H2,1-3H3. The Bertz CT molecular complexity index is 606. The summed E-state index contributed by atoms with van der Waals surface area (Å²) in [6.07, 6.45) is 0. The van der Waals surface area contributed by atoms with Gasteiger partial charge in [0.05, 0.1) is 4.92 Å². The number of aryl methyl sites for hydroxylation is 1. The Balaban J connectivity index is 2.13. The highest BCUT2D eigenvalue weighted by atomic mass is 32.1. The smallest absolute Gasteiger partial charge is 0.271 e. The molecule has 0 aliphatic heterocycles. The Morgan fingerprint density at radius 2 is 2.10 bits per heavy atom. The number of non-ortho nitro benzene ring substituents is 1. The van der Waals surface area contributed by atoms with Crippen molar-refractivity contribution in [2.24, 2.45) is 0 Å². The molecule has 0 bridgehead atoms. The van der Waals surface area contributed by atoms with E-state index in [9.17, 15) is 10.1 Å². The zero-order chi connectivity index (χ0) is 14.8. The lowest BCUT2D eigenvalue weighted by atomic mass is 9.91. The molecule has 106 valence electrons. The fraction of sp³-hybridized carbons (Fsp3) is 0.333. The molecule has 5 heteroatoms. The highest BCUT2D eigenvalue weighted by Gasteiger charge is 2.21. The molecule has 2 aromatic rings. The first kappa shape index (κ1) is 14.5. The summed E-state index contributed by atoms with van der Waals surface area (Å²) in [4.78, 5) is 11.8. The van der Waals surface area contributed by atoms with Crippen LogP contribution in [-0.2, 0) is 5.41 Å². The molecule has 1 aromatic heterocycles. The molecule has 0 aliphatic rings. The van der Waals surface area contributed by atoms with Crippen LogP contribution in [0.2, 0.25) is 0 Å². The van der Waals surface area contributed by atoms with Crippen LogP contribution in [0.25, 0.3) is 0 Å². The first-order valence-corrected chi connectivity index (χ1v) is 7.30. The maximum absolute atomic E-state index is 10.9. The van der Waals surface area contributed by atoms with Crippen LogP contribution in [0.1, 0.15) is 24.3 Å². The largest absolute Gasteiger partial charge is 0.384 e. The van der Waals surface area contributed by atoms with Gasteiger partial charge in [0.2, 0.25) is 0 Å². The van der Waals surface area contributed by atoms with Crippen LogP contribution in [0.5, 0.6) is 0 Å². The van der Waals surface area contributed by atoms with Crippen LogP contribution in [0, 0.1) is 17.0 Å². The molecule has 0 atom stereocenters. The molecule has 1 N–H and O–H groups in total. The molecule has 0 amide bonds. The predicted molar refractivity (Wildman–Crippen MR) is 83.7 cm³/mol. The highest BCUT2D eigenvalue weighted by Crippen LogP contribution is 2.28. The van der Waals surface area contributed by atoms with Gasteiger partial charge in [-0.1, -0.05) is 19.9 Å². The monoisotopic (exact) mass is 290 g/mol. The molecule has 0 aliphatic carbocycles. The molecule has 20 heavy (non-hydrogen) atoms. The van der Waals surface area contributed by atoms with Crippen LogP contribution in [0.4, 0.5) is 11.4 Å². The van der Waals surface area contributed by atoms with Gasteiger partial charge in [0, 0.05) is 34.7 Å². The molecule has 0 fully saturated rings. The summed E-state index contributed by atoms with van der Waals surface area (Å²) in [5, 5.41) is 16.2. The Labute approximate surface area is 122 Å². The SMILES string of the molecule is Cc1cc(NCC(C)(C)c2cccs2)cc([N+](=O)[O-])c1. The van der Waals surface area contributed by atoms with E-state index in [1.54, 1.807) is 23.5 Å². The van der Waals surface area contributed by atoms with Gasteiger partial charge in [-0.25, -0.2) is 0 Å². The van der Waals surface area contributed by atoms with E-state index in [4.69, 9.17) is 0 Å². The second kappa shape index (κ2) is 5.63. The molecular formula is C15H18N2O2S. The Hall–Kier alpha value is -1.88. The number of anilines is 1. The molecule has 0 spiro atoms. The quantitative estimate of drug-likeness (QED) is 0.657. The van der Waals surface area contributed by atoms with Gasteiger partial charge in [-0.05, 0) is 30.0 Å². The van der Waals surface area contributed by atoms with Crippen molar-refractivity contribution in [3.63, 3.8) is 0 Å². The molecule has 0 unspecified atom stereocenters. The second-order valence-electron chi connectivity index (χ2n) is 5.53.